The Morgan fingerprint density at radius 3 is 2.21 bits per heavy atom. The molecule has 0 heterocycles. The van der Waals surface area contributed by atoms with Crippen molar-refractivity contribution in [2.24, 2.45) is 0 Å². The lowest BCUT2D eigenvalue weighted by Crippen LogP contribution is -2.32. The minimum absolute atomic E-state index is 0.0340. The van der Waals surface area contributed by atoms with Gasteiger partial charge in [0.2, 0.25) is 0 Å². The van der Waals surface area contributed by atoms with Crippen LogP contribution >= 0.6 is 34.8 Å². The first-order valence-corrected chi connectivity index (χ1v) is 11.2. The van der Waals surface area contributed by atoms with Gasteiger partial charge in [0.05, 0.1) is 15.5 Å². The second kappa shape index (κ2) is 10.9. The number of hydrogen-bond acceptors (Lipinski definition) is 4. The fraction of sp³-hybridized carbons (Fsp3) is 0.208. The molecule has 172 valence electrons. The fourth-order valence-corrected chi connectivity index (χ4v) is 4.07. The van der Waals surface area contributed by atoms with E-state index in [1.54, 1.807) is 17.0 Å². The summed E-state index contributed by atoms with van der Waals surface area (Å²) in [6.07, 6.45) is 0.502. The smallest absolute Gasteiger partial charge is 0.270 e. The summed E-state index contributed by atoms with van der Waals surface area (Å²) in [7, 11) is 3.91. The van der Waals surface area contributed by atoms with Gasteiger partial charge in [-0.3, -0.25) is 14.9 Å². The van der Waals surface area contributed by atoms with Crippen molar-refractivity contribution in [3.63, 3.8) is 0 Å². The molecule has 0 fully saturated rings. The third-order valence-corrected chi connectivity index (χ3v) is 6.07. The largest absolute Gasteiger partial charge is 0.378 e. The summed E-state index contributed by atoms with van der Waals surface area (Å²) in [6.45, 7) is 0.702. The van der Waals surface area contributed by atoms with Crippen molar-refractivity contribution in [3.8, 4) is 0 Å². The number of halogens is 3. The van der Waals surface area contributed by atoms with Crippen LogP contribution in [0.1, 0.15) is 21.5 Å². The van der Waals surface area contributed by atoms with Crippen LogP contribution in [0.4, 0.5) is 11.4 Å². The molecule has 0 radical (unpaired) electrons. The summed E-state index contributed by atoms with van der Waals surface area (Å²) in [4.78, 5) is 27.5. The van der Waals surface area contributed by atoms with Crippen LogP contribution < -0.4 is 4.90 Å². The van der Waals surface area contributed by atoms with E-state index >= 15 is 0 Å². The van der Waals surface area contributed by atoms with Crippen LogP contribution in [0.3, 0.4) is 0 Å². The summed E-state index contributed by atoms with van der Waals surface area (Å²) >= 11 is 18.5. The van der Waals surface area contributed by atoms with Gasteiger partial charge in [-0.2, -0.15) is 0 Å². The molecule has 0 saturated heterocycles. The zero-order chi connectivity index (χ0) is 24.1. The van der Waals surface area contributed by atoms with Crippen molar-refractivity contribution >= 4 is 52.1 Å². The molecule has 0 aliphatic rings. The molecular formula is C24H22Cl3N3O3. The zero-order valence-electron chi connectivity index (χ0n) is 18.1. The van der Waals surface area contributed by atoms with Gasteiger partial charge in [-0.25, -0.2) is 0 Å². The highest BCUT2D eigenvalue weighted by Crippen LogP contribution is 2.26. The van der Waals surface area contributed by atoms with Gasteiger partial charge in [0.25, 0.3) is 11.6 Å². The van der Waals surface area contributed by atoms with Crippen molar-refractivity contribution in [1.29, 1.82) is 0 Å². The van der Waals surface area contributed by atoms with Gasteiger partial charge in [-0.05, 0) is 47.9 Å². The molecule has 0 saturated carbocycles. The number of nitro benzene ring substituents is 1. The monoisotopic (exact) mass is 505 g/mol. The van der Waals surface area contributed by atoms with Crippen LogP contribution in [-0.2, 0) is 13.0 Å². The van der Waals surface area contributed by atoms with Crippen molar-refractivity contribution in [2.45, 2.75) is 13.0 Å². The van der Waals surface area contributed by atoms with Crippen molar-refractivity contribution in [3.05, 3.63) is 103 Å². The Labute approximate surface area is 207 Å². The minimum atomic E-state index is -0.549. The van der Waals surface area contributed by atoms with Crippen molar-refractivity contribution in [2.75, 3.05) is 25.5 Å². The molecule has 3 rings (SSSR count). The molecule has 0 bridgehead atoms. The number of anilines is 1. The van der Waals surface area contributed by atoms with Gasteiger partial charge in [-0.15, -0.1) is 0 Å². The molecule has 9 heteroatoms. The Morgan fingerprint density at radius 1 is 0.939 bits per heavy atom. The van der Waals surface area contributed by atoms with Crippen LogP contribution in [0, 0.1) is 10.1 Å². The number of carbonyl (C=O) groups excluding carboxylic acids is 1. The fourth-order valence-electron chi connectivity index (χ4n) is 3.31. The number of nitrogens with zero attached hydrogens (tertiary/aromatic N) is 3. The first-order chi connectivity index (χ1) is 15.7. The summed E-state index contributed by atoms with van der Waals surface area (Å²) in [6, 6.07) is 17.0. The molecule has 33 heavy (non-hydrogen) atoms. The number of non-ortho nitro benzene ring substituents is 1. The van der Waals surface area contributed by atoms with Crippen LogP contribution in [0.5, 0.6) is 0 Å². The quantitative estimate of drug-likeness (QED) is 0.258. The number of rotatable bonds is 8. The number of benzene rings is 3. The van der Waals surface area contributed by atoms with Crippen molar-refractivity contribution in [1.82, 2.24) is 4.90 Å². The summed E-state index contributed by atoms with van der Waals surface area (Å²) in [5.74, 6) is -0.323. The summed E-state index contributed by atoms with van der Waals surface area (Å²) < 4.78 is 0. The van der Waals surface area contributed by atoms with Crippen LogP contribution in [0.2, 0.25) is 15.1 Å². The highest BCUT2D eigenvalue weighted by Gasteiger charge is 2.21. The molecule has 0 aromatic heterocycles. The van der Waals surface area contributed by atoms with E-state index in [1.165, 1.54) is 18.2 Å². The van der Waals surface area contributed by atoms with E-state index in [4.69, 9.17) is 34.8 Å². The Hall–Kier alpha value is -2.80. The molecule has 3 aromatic rings. The Bertz CT molecular complexity index is 1170. The van der Waals surface area contributed by atoms with E-state index in [1.807, 2.05) is 49.3 Å². The molecule has 3 aromatic carbocycles. The van der Waals surface area contributed by atoms with Crippen LogP contribution in [-0.4, -0.2) is 36.4 Å². The van der Waals surface area contributed by atoms with E-state index in [2.05, 4.69) is 0 Å². The molecule has 1 amide bonds. The number of amides is 1. The third kappa shape index (κ3) is 6.38. The number of nitro groups is 1. The normalized spacial score (nSPS) is 10.7. The maximum atomic E-state index is 13.4. The van der Waals surface area contributed by atoms with E-state index < -0.39 is 4.92 Å². The lowest BCUT2D eigenvalue weighted by atomic mass is 10.1. The lowest BCUT2D eigenvalue weighted by molar-refractivity contribution is -0.384. The second-order valence-corrected chi connectivity index (χ2v) is 8.95. The molecule has 0 aliphatic heterocycles. The van der Waals surface area contributed by atoms with Gasteiger partial charge >= 0.3 is 0 Å². The predicted molar refractivity (Wildman–Crippen MR) is 134 cm³/mol. The average Bonchev–Trinajstić information content (AvgIpc) is 2.77. The number of carbonyl (C=O) groups is 1. The minimum Gasteiger partial charge on any atom is -0.378 e. The standard InChI is InChI=1S/C24H22Cl3N3O3/c1-28(2)19-7-3-16(4-8-19)15-29(12-11-17-5-6-18(25)13-22(17)26)24(31)21-10-9-20(30(32)33)14-23(21)27/h3-10,13-14H,11-12,15H2,1-2H3. The van der Waals surface area contributed by atoms with E-state index in [0.29, 0.717) is 29.6 Å². The van der Waals surface area contributed by atoms with Gasteiger partial charge in [0, 0.05) is 55.1 Å². The summed E-state index contributed by atoms with van der Waals surface area (Å²) in [5, 5.41) is 12.1. The molecule has 6 nitrogen and oxygen atoms in total. The Kier molecular flexibility index (Phi) is 8.19. The first-order valence-electron chi connectivity index (χ1n) is 10.1. The lowest BCUT2D eigenvalue weighted by Gasteiger charge is -2.24. The van der Waals surface area contributed by atoms with Gasteiger partial charge in [0.1, 0.15) is 0 Å². The van der Waals surface area contributed by atoms with Gasteiger partial charge in [0.15, 0.2) is 0 Å². The zero-order valence-corrected chi connectivity index (χ0v) is 20.4. The summed E-state index contributed by atoms with van der Waals surface area (Å²) in [5.41, 5.74) is 2.87. The number of hydrogen-bond donors (Lipinski definition) is 0. The topological polar surface area (TPSA) is 66.7 Å². The maximum absolute atomic E-state index is 13.4. The first kappa shape index (κ1) is 24.8. The van der Waals surface area contributed by atoms with Gasteiger partial charge < -0.3 is 9.80 Å². The third-order valence-electron chi connectivity index (χ3n) is 5.17. The molecule has 0 unspecified atom stereocenters. The Balaban J connectivity index is 1.88. The molecule has 0 atom stereocenters. The van der Waals surface area contributed by atoms with E-state index in [9.17, 15) is 14.9 Å². The van der Waals surface area contributed by atoms with Crippen molar-refractivity contribution < 1.29 is 9.72 Å². The van der Waals surface area contributed by atoms with E-state index in [-0.39, 0.29) is 22.2 Å². The average molecular weight is 507 g/mol. The van der Waals surface area contributed by atoms with Gasteiger partial charge in [-0.1, -0.05) is 53.0 Å². The highest BCUT2D eigenvalue weighted by molar-refractivity contribution is 6.35. The molecule has 0 spiro atoms. The Morgan fingerprint density at radius 2 is 1.64 bits per heavy atom. The highest BCUT2D eigenvalue weighted by atomic mass is 35.5. The second-order valence-electron chi connectivity index (χ2n) is 7.69. The van der Waals surface area contributed by atoms with Crippen LogP contribution in [0.25, 0.3) is 0 Å². The van der Waals surface area contributed by atoms with Crippen LogP contribution in [0.15, 0.2) is 60.7 Å². The maximum Gasteiger partial charge on any atom is 0.270 e. The molecule has 0 aliphatic carbocycles. The molecular weight excluding hydrogens is 485 g/mol. The molecule has 0 N–H and O–H groups in total. The van der Waals surface area contributed by atoms with E-state index in [0.717, 1.165) is 16.8 Å². The predicted octanol–water partition coefficient (Wildman–Crippen LogP) is 6.51. The SMILES string of the molecule is CN(C)c1ccc(CN(CCc2ccc(Cl)cc2Cl)C(=O)c2ccc([N+](=O)[O-])cc2Cl)cc1.